The zero-order valence-corrected chi connectivity index (χ0v) is 15.9. The molecule has 26 heavy (non-hydrogen) atoms. The fourth-order valence-corrected chi connectivity index (χ4v) is 4.00. The second-order valence-electron chi connectivity index (χ2n) is 5.23. The predicted molar refractivity (Wildman–Crippen MR) is 93.4 cm³/mol. The van der Waals surface area contributed by atoms with Gasteiger partial charge in [0.1, 0.15) is 12.1 Å². The molecule has 0 aliphatic rings. The smallest absolute Gasteiger partial charge is 0.406 e. The van der Waals surface area contributed by atoms with Gasteiger partial charge in [-0.25, -0.2) is 4.98 Å². The molecule has 0 fully saturated rings. The third kappa shape index (κ3) is 3.71. The monoisotopic (exact) mass is 498 g/mol. The van der Waals surface area contributed by atoms with Crippen LogP contribution in [0.3, 0.4) is 0 Å². The Hall–Kier alpha value is -1.68. The largest absolute Gasteiger partial charge is 0.573 e. The molecular weight excluding hydrogens is 491 g/mol. The minimum Gasteiger partial charge on any atom is -0.406 e. The number of fused-ring (bicyclic) bond motifs is 1. The maximum absolute atomic E-state index is 13.3. The molecule has 3 aromatic rings. The number of aromatic nitrogens is 2. The molecule has 0 aliphatic carbocycles. The summed E-state index contributed by atoms with van der Waals surface area (Å²) in [4.78, 5) is 4.06. The first-order valence-corrected chi connectivity index (χ1v) is 9.01. The molecule has 0 bridgehead atoms. The van der Waals surface area contributed by atoms with E-state index in [0.29, 0.717) is 32.0 Å². The van der Waals surface area contributed by atoms with Crippen LogP contribution < -0.4 is 4.74 Å². The van der Waals surface area contributed by atoms with Crippen molar-refractivity contribution < 1.29 is 26.7 Å². The minimum absolute atomic E-state index is 0.211. The third-order valence-corrected chi connectivity index (χ3v) is 5.10. The number of alkyl halides is 6. The Balaban J connectivity index is 2.14. The summed E-state index contributed by atoms with van der Waals surface area (Å²) in [6, 6.07) is 6.90. The number of rotatable bonds is 4. The minimum atomic E-state index is -4.79. The van der Waals surface area contributed by atoms with Gasteiger partial charge in [-0.15, -0.1) is 13.2 Å². The second-order valence-corrected chi connectivity index (χ2v) is 6.58. The average Bonchev–Trinajstić information content (AvgIpc) is 3.00. The second kappa shape index (κ2) is 7.15. The fourth-order valence-electron chi connectivity index (χ4n) is 2.53. The van der Waals surface area contributed by atoms with Gasteiger partial charge in [-0.1, -0.05) is 28.1 Å². The number of halogens is 7. The normalized spacial score (nSPS) is 12.2. The van der Waals surface area contributed by atoms with Crippen LogP contribution in [0, 0.1) is 0 Å². The summed E-state index contributed by atoms with van der Waals surface area (Å²) < 4.78 is 68.4. The first kappa shape index (κ1) is 19.1. The van der Waals surface area contributed by atoms with E-state index >= 15 is 0 Å². The van der Waals surface area contributed by atoms with Crippen LogP contribution in [0.2, 0.25) is 0 Å². The highest BCUT2D eigenvalue weighted by molar-refractivity contribution is 9.11. The van der Waals surface area contributed by atoms with Gasteiger partial charge in [-0.2, -0.15) is 8.78 Å². The molecule has 10 heteroatoms. The van der Waals surface area contributed by atoms with Crippen LogP contribution in [0.4, 0.5) is 22.0 Å². The molecule has 138 valence electrons. The zero-order chi connectivity index (χ0) is 19.1. The van der Waals surface area contributed by atoms with Gasteiger partial charge in [0.15, 0.2) is 0 Å². The summed E-state index contributed by atoms with van der Waals surface area (Å²) in [7, 11) is 0. The molecule has 0 saturated carbocycles. The molecule has 0 radical (unpaired) electrons. The van der Waals surface area contributed by atoms with Crippen molar-refractivity contribution in [3.05, 3.63) is 46.7 Å². The first-order chi connectivity index (χ1) is 12.2. The molecule has 0 spiro atoms. The molecule has 0 unspecified atom stereocenters. The summed E-state index contributed by atoms with van der Waals surface area (Å²) in [6.07, 6.45) is -3.76. The van der Waals surface area contributed by atoms with E-state index in [1.165, 1.54) is 12.1 Å². The Labute approximate surface area is 161 Å². The van der Waals surface area contributed by atoms with Gasteiger partial charge in [-0.05, 0) is 45.3 Å². The highest BCUT2D eigenvalue weighted by atomic mass is 79.9. The molecule has 0 atom stereocenters. The van der Waals surface area contributed by atoms with Crippen LogP contribution in [0.25, 0.3) is 22.2 Å². The Kier molecular flexibility index (Phi) is 5.25. The van der Waals surface area contributed by atoms with Gasteiger partial charge in [0.25, 0.3) is 0 Å². The lowest BCUT2D eigenvalue weighted by Gasteiger charge is -2.12. The molecule has 3 nitrogen and oxygen atoms in total. The van der Waals surface area contributed by atoms with Crippen molar-refractivity contribution in [2.75, 3.05) is 0 Å². The van der Waals surface area contributed by atoms with Crippen molar-refractivity contribution in [1.29, 1.82) is 0 Å². The van der Waals surface area contributed by atoms with E-state index in [2.05, 4.69) is 41.6 Å². The van der Waals surface area contributed by atoms with Crippen molar-refractivity contribution in [2.45, 2.75) is 18.2 Å². The Morgan fingerprint density at radius 1 is 1.15 bits per heavy atom. The van der Waals surface area contributed by atoms with Crippen molar-refractivity contribution in [3.8, 4) is 16.9 Å². The van der Waals surface area contributed by atoms with Gasteiger partial charge < -0.3 is 4.74 Å². The average molecular weight is 500 g/mol. The van der Waals surface area contributed by atoms with Crippen LogP contribution in [-0.4, -0.2) is 15.9 Å². The molecule has 0 N–H and O–H groups in total. The quantitative estimate of drug-likeness (QED) is 0.296. The zero-order valence-electron chi connectivity index (χ0n) is 12.7. The Bertz CT molecular complexity index is 938. The van der Waals surface area contributed by atoms with Crippen LogP contribution in [0.5, 0.6) is 5.75 Å². The Morgan fingerprint density at radius 2 is 1.81 bits per heavy atom. The molecule has 0 saturated heterocycles. The van der Waals surface area contributed by atoms with Gasteiger partial charge in [0.05, 0.1) is 11.0 Å². The summed E-state index contributed by atoms with van der Waals surface area (Å²) >= 11 is 6.63. The highest BCUT2D eigenvalue weighted by Crippen LogP contribution is 2.38. The number of hydrogen-bond acceptors (Lipinski definition) is 2. The molecule has 2 aromatic carbocycles. The summed E-state index contributed by atoms with van der Waals surface area (Å²) in [6.45, 7) is -2.78. The number of hydrogen-bond donors (Lipinski definition) is 0. The third-order valence-electron chi connectivity index (χ3n) is 3.61. The van der Waals surface area contributed by atoms with Gasteiger partial charge >= 0.3 is 12.9 Å². The lowest BCUT2D eigenvalue weighted by atomic mass is 10.0. The van der Waals surface area contributed by atoms with Gasteiger partial charge in [0, 0.05) is 15.4 Å². The predicted octanol–water partition coefficient (Wildman–Crippen LogP) is 6.65. The van der Waals surface area contributed by atoms with Crippen LogP contribution in [-0.2, 0) is 5.33 Å². The number of benzene rings is 2. The molecule has 0 aliphatic heterocycles. The highest BCUT2D eigenvalue weighted by Gasteiger charge is 2.31. The van der Waals surface area contributed by atoms with Crippen molar-refractivity contribution in [2.24, 2.45) is 0 Å². The van der Waals surface area contributed by atoms with Gasteiger partial charge in [0.2, 0.25) is 0 Å². The molecule has 1 aromatic heterocycles. The fraction of sp³-hybridized carbons (Fsp3) is 0.188. The maximum atomic E-state index is 13.3. The Morgan fingerprint density at radius 3 is 2.35 bits per heavy atom. The van der Waals surface area contributed by atoms with E-state index in [0.717, 1.165) is 23.0 Å². The summed E-state index contributed by atoms with van der Waals surface area (Å²) in [5.41, 5.74) is 2.27. The van der Waals surface area contributed by atoms with Gasteiger partial charge in [-0.3, -0.25) is 4.57 Å². The number of ether oxygens (including phenoxy) is 1. The molecule has 0 amide bonds. The lowest BCUT2D eigenvalue weighted by Crippen LogP contribution is -2.16. The van der Waals surface area contributed by atoms with E-state index in [1.54, 1.807) is 6.07 Å². The van der Waals surface area contributed by atoms with E-state index < -0.39 is 12.9 Å². The SMILES string of the molecule is FC(F)n1cnc2c(-c3ccc(OC(F)(F)F)cc3)cc(CBr)c(Br)c21. The number of imidazole rings is 1. The van der Waals surface area contributed by atoms with Crippen molar-refractivity contribution in [3.63, 3.8) is 0 Å². The van der Waals surface area contributed by atoms with E-state index in [9.17, 15) is 22.0 Å². The summed E-state index contributed by atoms with van der Waals surface area (Å²) in [5.74, 6) is -0.367. The van der Waals surface area contributed by atoms with E-state index in [4.69, 9.17) is 0 Å². The maximum Gasteiger partial charge on any atom is 0.573 e. The summed E-state index contributed by atoms with van der Waals surface area (Å²) in [5, 5.41) is 0.389. The number of nitrogens with zero attached hydrogens (tertiary/aromatic N) is 2. The van der Waals surface area contributed by atoms with E-state index in [1.807, 2.05) is 0 Å². The lowest BCUT2D eigenvalue weighted by molar-refractivity contribution is -0.274. The van der Waals surface area contributed by atoms with E-state index in [-0.39, 0.29) is 11.3 Å². The molecular formula is C16H9Br2F5N2O. The topological polar surface area (TPSA) is 27.1 Å². The van der Waals surface area contributed by atoms with Crippen LogP contribution in [0.15, 0.2) is 41.1 Å². The standard InChI is InChI=1S/C16H9Br2F5N2O/c17-6-9-5-11(8-1-3-10(4-2-8)26-16(21,22)23)13-14(12(9)18)25(7-24-13)15(19)20/h1-5,7,15H,6H2. The van der Waals surface area contributed by atoms with Crippen LogP contribution in [0.1, 0.15) is 12.1 Å². The van der Waals surface area contributed by atoms with Crippen LogP contribution >= 0.6 is 31.9 Å². The van der Waals surface area contributed by atoms with Crippen molar-refractivity contribution >= 4 is 42.9 Å². The molecule has 3 rings (SSSR count). The molecule has 1 heterocycles. The first-order valence-electron chi connectivity index (χ1n) is 7.09. The van der Waals surface area contributed by atoms with Crippen molar-refractivity contribution in [1.82, 2.24) is 9.55 Å².